The maximum atomic E-state index is 12.6. The zero-order valence-corrected chi connectivity index (χ0v) is 13.3. The second kappa shape index (κ2) is 7.81. The van der Waals surface area contributed by atoms with E-state index in [0.717, 1.165) is 12.1 Å². The van der Waals surface area contributed by atoms with Crippen molar-refractivity contribution in [3.63, 3.8) is 0 Å². The van der Waals surface area contributed by atoms with Crippen LogP contribution in [0.2, 0.25) is 0 Å². The van der Waals surface area contributed by atoms with Crippen LogP contribution >= 0.6 is 0 Å². The summed E-state index contributed by atoms with van der Waals surface area (Å²) in [4.78, 5) is 35.6. The van der Waals surface area contributed by atoms with Crippen LogP contribution in [0.15, 0.2) is 54.6 Å². The maximum absolute atomic E-state index is 12.6. The summed E-state index contributed by atoms with van der Waals surface area (Å²) >= 11 is 0. The Labute approximate surface area is 146 Å². The fourth-order valence-corrected chi connectivity index (χ4v) is 2.20. The van der Waals surface area contributed by atoms with Crippen molar-refractivity contribution in [2.24, 2.45) is 5.92 Å². The quantitative estimate of drug-likeness (QED) is 0.609. The van der Waals surface area contributed by atoms with Crippen LogP contribution in [0.1, 0.15) is 26.3 Å². The lowest BCUT2D eigenvalue weighted by atomic mass is 9.96. The molecule has 0 fully saturated rings. The van der Waals surface area contributed by atoms with Gasteiger partial charge in [-0.25, -0.2) is 0 Å². The van der Waals surface area contributed by atoms with E-state index < -0.39 is 41.9 Å². The molecule has 8 heteroatoms. The number of hydrogen-bond donors (Lipinski definition) is 2. The number of halogens is 3. The van der Waals surface area contributed by atoms with Crippen LogP contribution in [-0.2, 0) is 11.0 Å². The summed E-state index contributed by atoms with van der Waals surface area (Å²) in [7, 11) is 0. The summed E-state index contributed by atoms with van der Waals surface area (Å²) in [5.74, 6) is -4.54. The molecule has 26 heavy (non-hydrogen) atoms. The molecule has 0 saturated carbocycles. The van der Waals surface area contributed by atoms with Crippen molar-refractivity contribution in [2.75, 3.05) is 6.54 Å². The van der Waals surface area contributed by atoms with Gasteiger partial charge in [0.15, 0.2) is 5.78 Å². The van der Waals surface area contributed by atoms with Gasteiger partial charge >= 0.3 is 12.1 Å². The molecule has 1 unspecified atom stereocenters. The molecule has 0 aliphatic carbocycles. The number of carboxylic acids is 1. The van der Waals surface area contributed by atoms with Crippen molar-refractivity contribution < 1.29 is 32.7 Å². The van der Waals surface area contributed by atoms with Crippen LogP contribution in [-0.4, -0.2) is 29.3 Å². The topological polar surface area (TPSA) is 83.5 Å². The van der Waals surface area contributed by atoms with Gasteiger partial charge in [0.1, 0.15) is 5.92 Å². The minimum Gasteiger partial charge on any atom is -0.481 e. The van der Waals surface area contributed by atoms with Crippen molar-refractivity contribution in [3.05, 3.63) is 71.3 Å². The van der Waals surface area contributed by atoms with Gasteiger partial charge in [-0.2, -0.15) is 13.2 Å². The van der Waals surface area contributed by atoms with Gasteiger partial charge in [0.2, 0.25) is 0 Å². The van der Waals surface area contributed by atoms with E-state index in [4.69, 9.17) is 0 Å². The lowest BCUT2D eigenvalue weighted by Crippen LogP contribution is -2.37. The van der Waals surface area contributed by atoms with Gasteiger partial charge in [0.25, 0.3) is 5.91 Å². The predicted molar refractivity (Wildman–Crippen MR) is 85.7 cm³/mol. The lowest BCUT2D eigenvalue weighted by Gasteiger charge is -2.13. The van der Waals surface area contributed by atoms with E-state index in [2.05, 4.69) is 5.32 Å². The van der Waals surface area contributed by atoms with E-state index in [-0.39, 0.29) is 5.56 Å². The van der Waals surface area contributed by atoms with Crippen LogP contribution in [0.25, 0.3) is 0 Å². The molecule has 2 N–H and O–H groups in total. The molecule has 0 aromatic heterocycles. The number of Topliss-reactive ketones (excluding diaryl/α,β-unsaturated/α-hetero) is 1. The number of alkyl halides is 3. The molecular formula is C18H14F3NO4. The van der Waals surface area contributed by atoms with Crippen molar-refractivity contribution in [1.82, 2.24) is 5.32 Å². The minimum atomic E-state index is -4.56. The Morgan fingerprint density at radius 1 is 0.923 bits per heavy atom. The van der Waals surface area contributed by atoms with Crippen molar-refractivity contribution in [3.8, 4) is 0 Å². The molecule has 2 aromatic carbocycles. The third kappa shape index (κ3) is 4.69. The van der Waals surface area contributed by atoms with Gasteiger partial charge < -0.3 is 10.4 Å². The number of carbonyl (C=O) groups excluding carboxylic acids is 2. The highest BCUT2D eigenvalue weighted by molar-refractivity contribution is 6.08. The number of benzene rings is 2. The average Bonchev–Trinajstić information content (AvgIpc) is 2.61. The predicted octanol–water partition coefficient (Wildman–Crippen LogP) is 3.02. The first-order valence-corrected chi connectivity index (χ1v) is 7.47. The molecule has 0 saturated heterocycles. The number of nitrogens with one attached hydrogen (secondary N) is 1. The Hall–Kier alpha value is -3.16. The van der Waals surface area contributed by atoms with Gasteiger partial charge in [-0.15, -0.1) is 0 Å². The van der Waals surface area contributed by atoms with E-state index in [1.807, 2.05) is 0 Å². The Bertz CT molecular complexity index is 801. The van der Waals surface area contributed by atoms with Crippen LogP contribution < -0.4 is 5.32 Å². The molecular weight excluding hydrogens is 351 g/mol. The Kier molecular flexibility index (Phi) is 5.76. The smallest absolute Gasteiger partial charge is 0.416 e. The Morgan fingerprint density at radius 2 is 1.50 bits per heavy atom. The maximum Gasteiger partial charge on any atom is 0.416 e. The summed E-state index contributed by atoms with van der Waals surface area (Å²) in [6.07, 6.45) is -4.56. The Morgan fingerprint density at radius 3 is 2.00 bits per heavy atom. The highest BCUT2D eigenvalue weighted by Crippen LogP contribution is 2.29. The normalized spacial score (nSPS) is 12.3. The zero-order valence-electron chi connectivity index (χ0n) is 13.3. The number of aliphatic carboxylic acids is 1. The van der Waals surface area contributed by atoms with Gasteiger partial charge in [-0.3, -0.25) is 14.4 Å². The highest BCUT2D eigenvalue weighted by atomic mass is 19.4. The summed E-state index contributed by atoms with van der Waals surface area (Å²) in [6.45, 7) is -0.483. The molecule has 0 aliphatic rings. The number of carbonyl (C=O) groups is 3. The number of hydrogen-bond acceptors (Lipinski definition) is 3. The first-order valence-electron chi connectivity index (χ1n) is 7.47. The van der Waals surface area contributed by atoms with Gasteiger partial charge in [-0.05, 0) is 24.3 Å². The SMILES string of the molecule is O=C(NCC(C(=O)O)C(=O)c1ccc(C(F)(F)F)cc1)c1ccccc1. The Balaban J connectivity index is 2.10. The second-order valence-corrected chi connectivity index (χ2v) is 5.41. The summed E-state index contributed by atoms with van der Waals surface area (Å²) in [5.41, 5.74) is -0.837. The zero-order chi connectivity index (χ0) is 19.3. The van der Waals surface area contributed by atoms with Crippen molar-refractivity contribution in [1.29, 1.82) is 0 Å². The van der Waals surface area contributed by atoms with E-state index in [0.29, 0.717) is 17.7 Å². The van der Waals surface area contributed by atoms with Gasteiger partial charge in [0.05, 0.1) is 5.56 Å². The van der Waals surface area contributed by atoms with Crippen molar-refractivity contribution >= 4 is 17.7 Å². The molecule has 1 atom stereocenters. The molecule has 2 rings (SSSR count). The van der Waals surface area contributed by atoms with E-state index in [1.54, 1.807) is 18.2 Å². The number of amides is 1. The van der Waals surface area contributed by atoms with Crippen LogP contribution in [0, 0.1) is 5.92 Å². The monoisotopic (exact) mass is 365 g/mol. The molecule has 0 aliphatic heterocycles. The van der Waals surface area contributed by atoms with E-state index in [9.17, 15) is 32.7 Å². The third-order valence-electron chi connectivity index (χ3n) is 3.61. The molecule has 0 bridgehead atoms. The molecule has 136 valence electrons. The second-order valence-electron chi connectivity index (χ2n) is 5.41. The first kappa shape index (κ1) is 19.2. The fraction of sp³-hybridized carbons (Fsp3) is 0.167. The fourth-order valence-electron chi connectivity index (χ4n) is 2.20. The molecule has 2 aromatic rings. The number of ketones is 1. The lowest BCUT2D eigenvalue weighted by molar-refractivity contribution is -0.140. The minimum absolute atomic E-state index is 0.181. The van der Waals surface area contributed by atoms with Crippen LogP contribution in [0.3, 0.4) is 0 Å². The summed E-state index contributed by atoms with van der Waals surface area (Å²) in [5, 5.41) is 11.6. The molecule has 0 heterocycles. The summed E-state index contributed by atoms with van der Waals surface area (Å²) < 4.78 is 37.7. The largest absolute Gasteiger partial charge is 0.481 e. The van der Waals surface area contributed by atoms with E-state index >= 15 is 0 Å². The van der Waals surface area contributed by atoms with Gasteiger partial charge in [-0.1, -0.05) is 30.3 Å². The standard InChI is InChI=1S/C18H14F3NO4/c19-18(20,21)13-8-6-11(7-9-13)15(23)14(17(25)26)10-22-16(24)12-4-2-1-3-5-12/h1-9,14H,10H2,(H,22,24)(H,25,26). The first-order chi connectivity index (χ1) is 12.2. The average molecular weight is 365 g/mol. The van der Waals surface area contributed by atoms with Gasteiger partial charge in [0, 0.05) is 17.7 Å². The highest BCUT2D eigenvalue weighted by Gasteiger charge is 2.32. The van der Waals surface area contributed by atoms with E-state index in [1.165, 1.54) is 12.1 Å². The van der Waals surface area contributed by atoms with Crippen LogP contribution in [0.4, 0.5) is 13.2 Å². The number of rotatable bonds is 6. The summed E-state index contributed by atoms with van der Waals surface area (Å²) in [6, 6.07) is 11.2. The molecule has 0 radical (unpaired) electrons. The van der Waals surface area contributed by atoms with Crippen LogP contribution in [0.5, 0.6) is 0 Å². The number of carboxylic acid groups (broad SMARTS) is 1. The molecule has 5 nitrogen and oxygen atoms in total. The molecule has 1 amide bonds. The third-order valence-corrected chi connectivity index (χ3v) is 3.61. The van der Waals surface area contributed by atoms with Crippen molar-refractivity contribution in [2.45, 2.75) is 6.18 Å². The molecule has 0 spiro atoms.